The number of nitrogens with one attached hydrogen (secondary N) is 1. The molecule has 0 bridgehead atoms. The predicted octanol–water partition coefficient (Wildman–Crippen LogP) is 1.84. The molecule has 2 aromatic rings. The Morgan fingerprint density at radius 2 is 2.17 bits per heavy atom. The van der Waals surface area contributed by atoms with Crippen molar-refractivity contribution in [3.63, 3.8) is 0 Å². The normalized spacial score (nSPS) is 21.7. The second kappa shape index (κ2) is 9.82. The summed E-state index contributed by atoms with van der Waals surface area (Å²) in [5, 5.41) is 2.53. The summed E-state index contributed by atoms with van der Waals surface area (Å²) in [5.74, 6) is 0.370. The molecule has 1 aliphatic heterocycles. The van der Waals surface area contributed by atoms with Crippen LogP contribution >= 0.6 is 23.7 Å². The lowest BCUT2D eigenvalue weighted by molar-refractivity contribution is -0.109. The Kier molecular flexibility index (Phi) is 7.40. The number of ether oxygens (including phenoxy) is 2. The Bertz CT molecular complexity index is 987. The molecular formula is C17H20BrN4O7P. The average molecular weight is 503 g/mol. The van der Waals surface area contributed by atoms with Crippen molar-refractivity contribution in [3.8, 4) is 5.75 Å². The van der Waals surface area contributed by atoms with Gasteiger partial charge in [0.1, 0.15) is 24.5 Å². The molecule has 1 aliphatic rings. The minimum Gasteiger partial charge on any atom is -0.413 e. The molecule has 0 radical (unpaired) electrons. The maximum atomic E-state index is 13.1. The van der Waals surface area contributed by atoms with Gasteiger partial charge in [0, 0.05) is 10.7 Å². The van der Waals surface area contributed by atoms with Gasteiger partial charge in [-0.2, -0.15) is 4.98 Å². The number of nitrogen functional groups attached to an aromatic ring is 1. The van der Waals surface area contributed by atoms with E-state index in [1.165, 1.54) is 23.8 Å². The van der Waals surface area contributed by atoms with E-state index < -0.39 is 32.0 Å². The molecule has 1 aromatic carbocycles. The molecular weight excluding hydrogens is 483 g/mol. The maximum Gasteiger partial charge on any atom is 0.459 e. The Labute approximate surface area is 180 Å². The van der Waals surface area contributed by atoms with E-state index in [1.54, 1.807) is 24.3 Å². The summed E-state index contributed by atoms with van der Waals surface area (Å²) < 4.78 is 37.1. The van der Waals surface area contributed by atoms with Gasteiger partial charge in [-0.25, -0.2) is 14.4 Å². The van der Waals surface area contributed by atoms with Crippen molar-refractivity contribution in [2.45, 2.75) is 25.5 Å². The van der Waals surface area contributed by atoms with E-state index in [4.69, 9.17) is 24.3 Å². The first-order chi connectivity index (χ1) is 14.3. The third-order valence-electron chi connectivity index (χ3n) is 3.88. The number of anilines is 1. The highest BCUT2D eigenvalue weighted by Gasteiger charge is 2.34. The van der Waals surface area contributed by atoms with Gasteiger partial charge in [-0.05, 0) is 37.3 Å². The summed E-state index contributed by atoms with van der Waals surface area (Å²) in [4.78, 5) is 26.6. The Morgan fingerprint density at radius 1 is 1.43 bits per heavy atom. The summed E-state index contributed by atoms with van der Waals surface area (Å²) >= 11 is 3.30. The lowest BCUT2D eigenvalue weighted by Gasteiger charge is -2.22. The SMILES string of the molecule is C[C@@H](C=O)NP(=O)(OC[C@H]1OC[C@@H](n2ccc(N)nc2=O)O1)Oc1ccc(Br)cc1. The van der Waals surface area contributed by atoms with Crippen LogP contribution in [0, 0.1) is 0 Å². The third-order valence-corrected chi connectivity index (χ3v) is 6.07. The second-order valence-electron chi connectivity index (χ2n) is 6.29. The summed E-state index contributed by atoms with van der Waals surface area (Å²) in [6.45, 7) is 1.28. The standard InChI is InChI=1S/C17H20BrN4O7P/c1-11(8-23)21-30(25,29-13-4-2-12(18)3-5-13)27-10-16-26-9-15(28-16)22-7-6-14(19)20-17(22)24/h2-8,11,15-16H,9-10H2,1H3,(H,21,25)(H2,19,20,24)/t11-,15-,16-,30?/m0/s1. The highest BCUT2D eigenvalue weighted by molar-refractivity contribution is 9.10. The van der Waals surface area contributed by atoms with Crippen molar-refractivity contribution in [2.24, 2.45) is 0 Å². The van der Waals surface area contributed by atoms with Gasteiger partial charge in [-0.15, -0.1) is 0 Å². The quantitative estimate of drug-likeness (QED) is 0.384. The molecule has 2 heterocycles. The lowest BCUT2D eigenvalue weighted by Crippen LogP contribution is -2.30. The minimum atomic E-state index is -3.94. The molecule has 1 aromatic heterocycles. The number of nitrogens with two attached hydrogens (primary N) is 1. The van der Waals surface area contributed by atoms with E-state index in [0.29, 0.717) is 6.29 Å². The van der Waals surface area contributed by atoms with Crippen LogP contribution in [0.5, 0.6) is 5.75 Å². The number of hydrogen-bond acceptors (Lipinski definition) is 9. The highest BCUT2D eigenvalue weighted by atomic mass is 79.9. The van der Waals surface area contributed by atoms with Crippen molar-refractivity contribution in [1.29, 1.82) is 0 Å². The van der Waals surface area contributed by atoms with Crippen LogP contribution in [0.2, 0.25) is 0 Å². The van der Waals surface area contributed by atoms with E-state index in [0.717, 1.165) is 4.47 Å². The molecule has 30 heavy (non-hydrogen) atoms. The van der Waals surface area contributed by atoms with Crippen LogP contribution < -0.4 is 21.0 Å². The number of nitrogens with zero attached hydrogens (tertiary/aromatic N) is 2. The van der Waals surface area contributed by atoms with Crippen LogP contribution in [-0.4, -0.2) is 41.4 Å². The molecule has 0 saturated carbocycles. The van der Waals surface area contributed by atoms with E-state index >= 15 is 0 Å². The summed E-state index contributed by atoms with van der Waals surface area (Å²) in [5.41, 5.74) is 4.89. The van der Waals surface area contributed by atoms with Crippen LogP contribution in [0.25, 0.3) is 0 Å². The number of hydrogen-bond donors (Lipinski definition) is 2. The lowest BCUT2D eigenvalue weighted by atomic mass is 10.3. The van der Waals surface area contributed by atoms with E-state index in [-0.39, 0.29) is 24.8 Å². The molecule has 1 saturated heterocycles. The molecule has 3 N–H and O–H groups in total. The minimum absolute atomic E-state index is 0.0512. The first-order valence-electron chi connectivity index (χ1n) is 8.82. The smallest absolute Gasteiger partial charge is 0.413 e. The van der Waals surface area contributed by atoms with Crippen LogP contribution in [0.4, 0.5) is 5.82 Å². The Morgan fingerprint density at radius 3 is 2.83 bits per heavy atom. The Hall–Kier alpha value is -2.08. The number of halogens is 1. The van der Waals surface area contributed by atoms with Crippen molar-refractivity contribution in [1.82, 2.24) is 14.6 Å². The predicted molar refractivity (Wildman–Crippen MR) is 110 cm³/mol. The third kappa shape index (κ3) is 5.97. The van der Waals surface area contributed by atoms with E-state index in [1.807, 2.05) is 0 Å². The fourth-order valence-electron chi connectivity index (χ4n) is 2.48. The maximum absolute atomic E-state index is 13.1. The largest absolute Gasteiger partial charge is 0.459 e. The zero-order valence-corrected chi connectivity index (χ0v) is 18.3. The first kappa shape index (κ1) is 22.6. The van der Waals surface area contributed by atoms with Gasteiger partial charge >= 0.3 is 13.4 Å². The average Bonchev–Trinajstić information content (AvgIpc) is 3.17. The Balaban J connectivity index is 1.65. The molecule has 1 unspecified atom stereocenters. The molecule has 3 rings (SSSR count). The number of carbonyl (C=O) groups excluding carboxylic acids is 1. The van der Waals surface area contributed by atoms with Gasteiger partial charge in [0.15, 0.2) is 12.5 Å². The highest BCUT2D eigenvalue weighted by Crippen LogP contribution is 2.45. The molecule has 1 fully saturated rings. The van der Waals surface area contributed by atoms with Crippen molar-refractivity contribution in [2.75, 3.05) is 18.9 Å². The molecule has 13 heteroatoms. The van der Waals surface area contributed by atoms with Crippen molar-refractivity contribution >= 4 is 35.8 Å². The summed E-state index contributed by atoms with van der Waals surface area (Å²) in [7, 11) is -3.94. The number of rotatable bonds is 9. The van der Waals surface area contributed by atoms with Crippen molar-refractivity contribution < 1.29 is 27.9 Å². The number of carbonyl (C=O) groups is 1. The van der Waals surface area contributed by atoms with E-state index in [9.17, 15) is 14.2 Å². The van der Waals surface area contributed by atoms with Crippen LogP contribution in [0.15, 0.2) is 45.8 Å². The molecule has 0 aliphatic carbocycles. The number of aldehydes is 1. The zero-order chi connectivity index (χ0) is 21.7. The van der Waals surface area contributed by atoms with Gasteiger partial charge in [0.25, 0.3) is 0 Å². The van der Waals surface area contributed by atoms with Gasteiger partial charge < -0.3 is 24.5 Å². The molecule has 4 atom stereocenters. The first-order valence-corrected chi connectivity index (χ1v) is 11.2. The number of benzene rings is 1. The topological polar surface area (TPSA) is 144 Å². The van der Waals surface area contributed by atoms with Gasteiger partial charge in [0.05, 0.1) is 12.6 Å². The van der Waals surface area contributed by atoms with Crippen LogP contribution in [0.1, 0.15) is 13.2 Å². The summed E-state index contributed by atoms with van der Waals surface area (Å²) in [6.07, 6.45) is 0.346. The van der Waals surface area contributed by atoms with Crippen LogP contribution in [-0.2, 0) is 23.4 Å². The van der Waals surface area contributed by atoms with Gasteiger partial charge in [-0.1, -0.05) is 15.9 Å². The second-order valence-corrected chi connectivity index (χ2v) is 8.90. The fourth-order valence-corrected chi connectivity index (χ4v) is 4.21. The summed E-state index contributed by atoms with van der Waals surface area (Å²) in [6, 6.07) is 7.26. The zero-order valence-electron chi connectivity index (χ0n) is 15.8. The molecule has 162 valence electrons. The number of aromatic nitrogens is 2. The monoisotopic (exact) mass is 502 g/mol. The molecule has 0 amide bonds. The molecule has 11 nitrogen and oxygen atoms in total. The van der Waals surface area contributed by atoms with Gasteiger partial charge in [-0.3, -0.25) is 9.09 Å². The fraction of sp³-hybridized carbons (Fsp3) is 0.353. The van der Waals surface area contributed by atoms with Crippen molar-refractivity contribution in [3.05, 3.63) is 51.5 Å². The van der Waals surface area contributed by atoms with E-state index in [2.05, 4.69) is 26.0 Å². The molecule has 0 spiro atoms. The van der Waals surface area contributed by atoms with Crippen LogP contribution in [0.3, 0.4) is 0 Å². The van der Waals surface area contributed by atoms with Gasteiger partial charge in [0.2, 0.25) is 0 Å².